The fourth-order valence-corrected chi connectivity index (χ4v) is 3.03. The number of aromatic amines is 1. The van der Waals surface area contributed by atoms with Gasteiger partial charge in [0.2, 0.25) is 0 Å². The molecule has 0 fully saturated rings. The molecule has 0 atom stereocenters. The molecule has 1 heterocycles. The Bertz CT molecular complexity index is 1010. The van der Waals surface area contributed by atoms with Gasteiger partial charge in [-0.15, -0.1) is 0 Å². The summed E-state index contributed by atoms with van der Waals surface area (Å²) in [5.41, 5.74) is 14.8. The number of H-pyrrole nitrogens is 1. The second kappa shape index (κ2) is 7.51. The number of carbonyl (C=O) groups excluding carboxylic acids is 2. The van der Waals surface area contributed by atoms with Crippen molar-refractivity contribution in [3.8, 4) is 11.1 Å². The third-order valence-electron chi connectivity index (χ3n) is 4.27. The summed E-state index contributed by atoms with van der Waals surface area (Å²) in [6.07, 6.45) is 0. The maximum Gasteiger partial charge on any atom is 0.317 e. The lowest BCUT2D eigenvalue weighted by atomic mass is 10.0. The predicted molar refractivity (Wildman–Crippen MR) is 107 cm³/mol. The average Bonchev–Trinajstić information content (AvgIpc) is 2.96. The molecule has 3 amide bonds. The Morgan fingerprint density at radius 3 is 2.48 bits per heavy atom. The van der Waals surface area contributed by atoms with Crippen molar-refractivity contribution in [2.24, 2.45) is 11.5 Å². The number of benzene rings is 2. The van der Waals surface area contributed by atoms with Gasteiger partial charge < -0.3 is 21.8 Å². The van der Waals surface area contributed by atoms with Crippen molar-refractivity contribution in [1.82, 2.24) is 10.3 Å². The molecular weight excluding hydrogens is 342 g/mol. The molecule has 0 saturated carbocycles. The summed E-state index contributed by atoms with van der Waals surface area (Å²) < 4.78 is 0. The minimum absolute atomic E-state index is 0.206. The number of primary amides is 2. The van der Waals surface area contributed by atoms with E-state index in [0.29, 0.717) is 16.9 Å². The maximum absolute atomic E-state index is 11.8. The van der Waals surface area contributed by atoms with Crippen LogP contribution in [0.5, 0.6) is 0 Å². The van der Waals surface area contributed by atoms with E-state index in [1.54, 1.807) is 0 Å². The number of hydrogen-bond donors (Lipinski definition) is 5. The van der Waals surface area contributed by atoms with Crippen molar-refractivity contribution in [3.63, 3.8) is 0 Å². The Balaban J connectivity index is 2.01. The van der Waals surface area contributed by atoms with Crippen LogP contribution < -0.4 is 22.1 Å². The first-order valence-electron chi connectivity index (χ1n) is 8.70. The Kier molecular flexibility index (Phi) is 5.14. The predicted octanol–water partition coefficient (Wildman–Crippen LogP) is 2.92. The van der Waals surface area contributed by atoms with Gasteiger partial charge in [0.05, 0.1) is 5.56 Å². The second-order valence-electron chi connectivity index (χ2n) is 6.72. The molecule has 0 bridgehead atoms. The van der Waals surface area contributed by atoms with Crippen LogP contribution >= 0.6 is 0 Å². The zero-order valence-corrected chi connectivity index (χ0v) is 15.3. The normalized spacial score (nSPS) is 11.1. The molecule has 3 aromatic rings. The zero-order valence-electron chi connectivity index (χ0n) is 15.3. The van der Waals surface area contributed by atoms with Crippen molar-refractivity contribution >= 4 is 28.7 Å². The average molecular weight is 365 g/mol. The van der Waals surface area contributed by atoms with Crippen LogP contribution in [-0.4, -0.2) is 23.0 Å². The van der Waals surface area contributed by atoms with Crippen molar-refractivity contribution in [2.75, 3.05) is 5.32 Å². The van der Waals surface area contributed by atoms with Crippen LogP contribution in [0.2, 0.25) is 0 Å². The topological polar surface area (TPSA) is 126 Å². The summed E-state index contributed by atoms with van der Waals surface area (Å²) in [7, 11) is 0. The number of fused-ring (bicyclic) bond motifs is 1. The third-order valence-corrected chi connectivity index (χ3v) is 4.27. The van der Waals surface area contributed by atoms with Gasteiger partial charge in [0.15, 0.2) is 0 Å². The monoisotopic (exact) mass is 365 g/mol. The fraction of sp³-hybridized carbons (Fsp3) is 0.200. The molecule has 0 radical (unpaired) electrons. The summed E-state index contributed by atoms with van der Waals surface area (Å²) >= 11 is 0. The molecule has 7 nitrogen and oxygen atoms in total. The minimum atomic E-state index is -0.769. The zero-order chi connectivity index (χ0) is 19.6. The molecule has 1 aromatic heterocycles. The van der Waals surface area contributed by atoms with Crippen LogP contribution in [0.15, 0.2) is 42.5 Å². The molecule has 0 aliphatic carbocycles. The van der Waals surface area contributed by atoms with Crippen LogP contribution in [-0.2, 0) is 6.54 Å². The second-order valence-corrected chi connectivity index (χ2v) is 6.72. The summed E-state index contributed by atoms with van der Waals surface area (Å²) in [5.74, 6) is -0.434. The lowest BCUT2D eigenvalue weighted by Gasteiger charge is -2.10. The molecule has 7 heteroatoms. The first-order chi connectivity index (χ1) is 12.8. The number of anilines is 1. The van der Waals surface area contributed by atoms with Gasteiger partial charge in [0.1, 0.15) is 5.82 Å². The van der Waals surface area contributed by atoms with E-state index < -0.39 is 11.9 Å². The number of nitrogens with one attached hydrogen (secondary N) is 3. The van der Waals surface area contributed by atoms with Gasteiger partial charge in [-0.2, -0.15) is 0 Å². The highest BCUT2D eigenvalue weighted by Crippen LogP contribution is 2.30. The van der Waals surface area contributed by atoms with Crippen molar-refractivity contribution < 1.29 is 9.59 Å². The highest BCUT2D eigenvalue weighted by molar-refractivity contribution is 6.13. The van der Waals surface area contributed by atoms with Gasteiger partial charge in [0, 0.05) is 23.5 Å². The molecule has 3 rings (SSSR count). The number of amides is 3. The van der Waals surface area contributed by atoms with Crippen LogP contribution in [0.3, 0.4) is 0 Å². The van der Waals surface area contributed by atoms with E-state index in [4.69, 9.17) is 11.5 Å². The Labute approximate surface area is 157 Å². The third kappa shape index (κ3) is 4.09. The van der Waals surface area contributed by atoms with E-state index >= 15 is 0 Å². The molecule has 7 N–H and O–H groups in total. The van der Waals surface area contributed by atoms with Gasteiger partial charge in [-0.25, -0.2) is 4.79 Å². The van der Waals surface area contributed by atoms with E-state index in [9.17, 15) is 9.59 Å². The Morgan fingerprint density at radius 1 is 1.07 bits per heavy atom. The summed E-state index contributed by atoms with van der Waals surface area (Å²) in [6.45, 7) is 5.00. The summed E-state index contributed by atoms with van der Waals surface area (Å²) in [6, 6.07) is 13.5. The van der Waals surface area contributed by atoms with E-state index in [2.05, 4.69) is 41.6 Å². The Morgan fingerprint density at radius 2 is 1.81 bits per heavy atom. The SMILES string of the molecule is CC(C)NCc1cccc(-c2ccc3c(C(N)=O)c(NC(N)=O)[nH]c3c2)c1. The molecule has 0 unspecified atom stereocenters. The van der Waals surface area contributed by atoms with E-state index in [1.165, 1.54) is 5.56 Å². The Hall–Kier alpha value is -3.32. The highest BCUT2D eigenvalue weighted by Gasteiger charge is 2.17. The lowest BCUT2D eigenvalue weighted by molar-refractivity contribution is 0.100. The number of nitrogens with two attached hydrogens (primary N) is 2. The highest BCUT2D eigenvalue weighted by atomic mass is 16.2. The molecule has 140 valence electrons. The number of aromatic nitrogens is 1. The first-order valence-corrected chi connectivity index (χ1v) is 8.70. The van der Waals surface area contributed by atoms with Crippen LogP contribution in [0.1, 0.15) is 29.8 Å². The van der Waals surface area contributed by atoms with Crippen molar-refractivity contribution in [2.45, 2.75) is 26.4 Å². The number of urea groups is 1. The smallest absolute Gasteiger partial charge is 0.317 e. The lowest BCUT2D eigenvalue weighted by Crippen LogP contribution is -2.22. The van der Waals surface area contributed by atoms with E-state index in [-0.39, 0.29) is 11.4 Å². The maximum atomic E-state index is 11.8. The van der Waals surface area contributed by atoms with Crippen LogP contribution in [0, 0.1) is 0 Å². The quantitative estimate of drug-likeness (QED) is 0.461. The summed E-state index contributed by atoms with van der Waals surface area (Å²) in [5, 5.41) is 6.45. The fourth-order valence-electron chi connectivity index (χ4n) is 3.03. The standard InChI is InChI=1S/C20H23N5O2/c1-11(2)23-10-12-4-3-5-13(8-12)14-6-7-15-16(9-14)24-19(25-20(22)27)17(15)18(21)26/h3-9,11,23-24H,10H2,1-2H3,(H2,21,26)(H3,22,25,27). The van der Waals surface area contributed by atoms with Gasteiger partial charge in [-0.05, 0) is 28.8 Å². The molecular formula is C20H23N5O2. The van der Waals surface area contributed by atoms with Crippen LogP contribution in [0.4, 0.5) is 10.6 Å². The largest absolute Gasteiger partial charge is 0.365 e. The van der Waals surface area contributed by atoms with Gasteiger partial charge in [-0.1, -0.05) is 44.2 Å². The van der Waals surface area contributed by atoms with Gasteiger partial charge >= 0.3 is 6.03 Å². The molecule has 0 saturated heterocycles. The first kappa shape index (κ1) is 18.5. The molecule has 0 aliphatic rings. The summed E-state index contributed by atoms with van der Waals surface area (Å²) in [4.78, 5) is 26.0. The molecule has 2 aromatic carbocycles. The minimum Gasteiger partial charge on any atom is -0.365 e. The van der Waals surface area contributed by atoms with Crippen molar-refractivity contribution in [1.29, 1.82) is 0 Å². The number of carbonyl (C=O) groups is 2. The number of rotatable bonds is 6. The van der Waals surface area contributed by atoms with Gasteiger partial charge in [0.25, 0.3) is 5.91 Å². The number of hydrogen-bond acceptors (Lipinski definition) is 3. The molecule has 0 spiro atoms. The van der Waals surface area contributed by atoms with E-state index in [1.807, 2.05) is 30.3 Å². The molecule has 0 aliphatic heterocycles. The molecule has 27 heavy (non-hydrogen) atoms. The van der Waals surface area contributed by atoms with Crippen LogP contribution in [0.25, 0.3) is 22.0 Å². The van der Waals surface area contributed by atoms with Gasteiger partial charge in [-0.3, -0.25) is 10.1 Å². The van der Waals surface area contributed by atoms with Crippen molar-refractivity contribution in [3.05, 3.63) is 53.6 Å². The van der Waals surface area contributed by atoms with E-state index in [0.717, 1.165) is 17.7 Å².